The van der Waals surface area contributed by atoms with E-state index in [1.54, 1.807) is 0 Å². The summed E-state index contributed by atoms with van der Waals surface area (Å²) in [7, 11) is 0. The first-order valence-corrected chi connectivity index (χ1v) is 26.9. The highest BCUT2D eigenvalue weighted by Gasteiger charge is 2.35. The molecule has 0 atom stereocenters. The van der Waals surface area contributed by atoms with Gasteiger partial charge in [0.05, 0.1) is 0 Å². The van der Waals surface area contributed by atoms with Crippen molar-refractivity contribution in [2.75, 3.05) is 0 Å². The highest BCUT2D eigenvalue weighted by atomic mass is 16.5. The third-order valence-corrected chi connectivity index (χ3v) is 15.3. The van der Waals surface area contributed by atoms with Gasteiger partial charge in [-0.15, -0.1) is 0 Å². The quantitative estimate of drug-likeness (QED) is 0.152. The van der Waals surface area contributed by atoms with Gasteiger partial charge in [0.25, 0.3) is 0 Å². The monoisotopic (exact) mass is 1020 g/mol. The fourth-order valence-corrected chi connectivity index (χ4v) is 11.8. The first kappa shape index (κ1) is 48.8. The maximum Gasteiger partial charge on any atom is 0.154 e. The Morgan fingerprint density at radius 1 is 0.263 bits per heavy atom. The number of aryl methyl sites for hydroxylation is 2. The van der Waals surface area contributed by atoms with Gasteiger partial charge in [-0.25, -0.2) is 0 Å². The van der Waals surface area contributed by atoms with Gasteiger partial charge in [0.1, 0.15) is 34.8 Å². The molecule has 376 valence electrons. The average Bonchev–Trinajstić information content (AvgIpc) is 2.99. The Hall–Kier alpha value is -10.8. The Morgan fingerprint density at radius 2 is 0.512 bits per heavy atom. The molecule has 0 fully saturated rings. The van der Waals surface area contributed by atoms with E-state index in [1.807, 2.05) is 97.1 Å². The molecule has 0 N–H and O–H groups in total. The summed E-state index contributed by atoms with van der Waals surface area (Å²) in [5.74, 6) is 2.76. The molecule has 0 saturated carbocycles. The molecule has 14 rings (SSSR count). The molecule has 0 spiro atoms. The second kappa shape index (κ2) is 21.0. The molecule has 2 heterocycles. The second-order valence-electron chi connectivity index (χ2n) is 20.0. The van der Waals surface area contributed by atoms with E-state index < -0.39 is 0 Å². The van der Waals surface area contributed by atoms with Gasteiger partial charge < -0.3 is 9.47 Å². The summed E-state index contributed by atoms with van der Waals surface area (Å²) >= 11 is 0. The third kappa shape index (κ3) is 8.41. The Morgan fingerprint density at radius 3 is 0.787 bits per heavy atom. The van der Waals surface area contributed by atoms with Crippen LogP contribution in [-0.2, 0) is 0 Å². The van der Waals surface area contributed by atoms with E-state index in [9.17, 15) is 10.5 Å². The van der Waals surface area contributed by atoms with Gasteiger partial charge in [-0.2, -0.15) is 10.5 Å². The molecule has 4 heteroatoms. The van der Waals surface area contributed by atoms with E-state index in [1.165, 1.54) is 0 Å². The van der Waals surface area contributed by atoms with Crippen molar-refractivity contribution < 1.29 is 9.47 Å². The number of rotatable bonds is 8. The molecule has 0 bridgehead atoms. The summed E-state index contributed by atoms with van der Waals surface area (Å²) in [5.41, 5.74) is 19.7. The third-order valence-electron chi connectivity index (χ3n) is 15.3. The summed E-state index contributed by atoms with van der Waals surface area (Å²) in [6, 6.07) is 96.3. The predicted octanol–water partition coefficient (Wildman–Crippen LogP) is 19.3. The topological polar surface area (TPSA) is 66.0 Å². The van der Waals surface area contributed by atoms with E-state index in [0.29, 0.717) is 22.6 Å². The molecule has 2 aliphatic heterocycles. The van der Waals surface area contributed by atoms with Gasteiger partial charge in [0.2, 0.25) is 0 Å². The molecule has 12 aromatic carbocycles. The van der Waals surface area contributed by atoms with Gasteiger partial charge >= 0.3 is 0 Å². The minimum atomic E-state index is 0.546. The number of nitrogens with zero attached hydrogens (tertiary/aromatic N) is 2. The maximum atomic E-state index is 10.8. The van der Waals surface area contributed by atoms with Crippen LogP contribution in [-0.4, -0.2) is 0 Å². The summed E-state index contributed by atoms with van der Waals surface area (Å²) in [6.07, 6.45) is 0. The Balaban J connectivity index is 0.000000151. The largest absolute Gasteiger partial charge is 0.454 e. The molecule has 2 aliphatic rings. The first-order chi connectivity index (χ1) is 39.5. The SMILES string of the molecule is Cc1ccc2c(-c3ccccc3)c(-c3ccccc3)c(C#N)c3c2c1C(c1ccccc1)=C(c1ccccc1)O3.Cc1ccc2c(-c3ccccc3)c(-c3ccccc3)c(C#N)c3c2c1C(c1ccccc1)=C(c1ccccc1)O3. The van der Waals surface area contributed by atoms with Crippen LogP contribution in [0.25, 0.3) is 88.7 Å². The summed E-state index contributed by atoms with van der Waals surface area (Å²) in [6.45, 7) is 4.30. The van der Waals surface area contributed by atoms with Crippen LogP contribution in [0.1, 0.15) is 55.6 Å². The molecule has 4 nitrogen and oxygen atoms in total. The lowest BCUT2D eigenvalue weighted by molar-refractivity contribution is 0.518. The Bertz CT molecular complexity index is 4190. The van der Waals surface area contributed by atoms with Crippen molar-refractivity contribution in [3.05, 3.63) is 323 Å². The van der Waals surface area contributed by atoms with E-state index in [2.05, 4.69) is 196 Å². The smallest absolute Gasteiger partial charge is 0.154 e. The lowest BCUT2D eigenvalue weighted by Crippen LogP contribution is -2.11. The molecule has 0 radical (unpaired) electrons. The molecule has 12 aromatic rings. The standard InChI is InChI=1S/2C38H25NO/c2*1-25-22-23-30-33(26-14-6-2-7-15-26)34(27-16-8-3-9-17-27)31(24-39)38-36(30)32(25)35(28-18-10-4-11-19-28)37(40-38)29-20-12-5-13-21-29/h2*2-23H,1H3. The zero-order valence-corrected chi connectivity index (χ0v) is 44.1. The molecule has 0 aromatic heterocycles. The number of hydrogen-bond acceptors (Lipinski definition) is 4. The number of ether oxygens (including phenoxy) is 2. The van der Waals surface area contributed by atoms with Gasteiger partial charge in [0, 0.05) is 55.3 Å². The number of hydrogen-bond donors (Lipinski definition) is 0. The minimum Gasteiger partial charge on any atom is -0.454 e. The van der Waals surface area contributed by atoms with Gasteiger partial charge in [0.15, 0.2) is 11.5 Å². The van der Waals surface area contributed by atoms with Crippen molar-refractivity contribution in [3.8, 4) is 68.1 Å². The zero-order chi connectivity index (χ0) is 54.1. The molecular formula is C76H50N2O2. The van der Waals surface area contributed by atoms with Crippen LogP contribution in [0.5, 0.6) is 11.5 Å². The van der Waals surface area contributed by atoms with Crippen LogP contribution in [0.4, 0.5) is 0 Å². The van der Waals surface area contributed by atoms with Crippen molar-refractivity contribution in [2.45, 2.75) is 13.8 Å². The van der Waals surface area contributed by atoms with Crippen molar-refractivity contribution in [1.29, 1.82) is 10.5 Å². The number of nitriles is 2. The van der Waals surface area contributed by atoms with Crippen molar-refractivity contribution >= 4 is 44.2 Å². The highest BCUT2D eigenvalue weighted by Crippen LogP contribution is 2.56. The van der Waals surface area contributed by atoms with Crippen LogP contribution in [0, 0.1) is 36.5 Å². The zero-order valence-electron chi connectivity index (χ0n) is 44.1. The van der Waals surface area contributed by atoms with Crippen molar-refractivity contribution in [3.63, 3.8) is 0 Å². The van der Waals surface area contributed by atoms with Crippen LogP contribution < -0.4 is 9.47 Å². The molecule has 0 unspecified atom stereocenters. The van der Waals surface area contributed by atoms with E-state index in [-0.39, 0.29) is 0 Å². The summed E-state index contributed by atoms with van der Waals surface area (Å²) < 4.78 is 13.9. The van der Waals surface area contributed by atoms with E-state index >= 15 is 0 Å². The lowest BCUT2D eigenvalue weighted by Gasteiger charge is -2.29. The van der Waals surface area contributed by atoms with E-state index in [0.717, 1.165) is 133 Å². The lowest BCUT2D eigenvalue weighted by atomic mass is 9.80. The highest BCUT2D eigenvalue weighted by molar-refractivity contribution is 6.20. The minimum absolute atomic E-state index is 0.546. The van der Waals surface area contributed by atoms with Crippen LogP contribution in [0.2, 0.25) is 0 Å². The fraction of sp³-hybridized carbons (Fsp3) is 0.0263. The molecule has 0 amide bonds. The summed E-state index contributed by atoms with van der Waals surface area (Å²) in [5, 5.41) is 25.7. The van der Waals surface area contributed by atoms with Crippen LogP contribution in [0.15, 0.2) is 267 Å². The maximum absolute atomic E-state index is 10.8. The molecular weight excluding hydrogens is 973 g/mol. The van der Waals surface area contributed by atoms with Gasteiger partial charge in [-0.05, 0) is 80.3 Å². The van der Waals surface area contributed by atoms with Crippen molar-refractivity contribution in [1.82, 2.24) is 0 Å². The molecule has 80 heavy (non-hydrogen) atoms. The van der Waals surface area contributed by atoms with Crippen LogP contribution >= 0.6 is 0 Å². The van der Waals surface area contributed by atoms with Gasteiger partial charge in [-0.3, -0.25) is 0 Å². The van der Waals surface area contributed by atoms with Gasteiger partial charge in [-0.1, -0.05) is 267 Å². The number of benzene rings is 12. The molecule has 0 aliphatic carbocycles. The fourth-order valence-electron chi connectivity index (χ4n) is 11.8. The normalized spacial score (nSPS) is 12.2. The molecule has 0 saturated heterocycles. The predicted molar refractivity (Wildman–Crippen MR) is 327 cm³/mol. The Labute approximate surface area is 466 Å². The average molecular weight is 1020 g/mol. The van der Waals surface area contributed by atoms with Crippen molar-refractivity contribution in [2.24, 2.45) is 0 Å². The first-order valence-electron chi connectivity index (χ1n) is 26.9. The van der Waals surface area contributed by atoms with E-state index in [4.69, 9.17) is 9.47 Å². The Kier molecular flexibility index (Phi) is 12.8. The summed E-state index contributed by atoms with van der Waals surface area (Å²) in [4.78, 5) is 0. The second-order valence-corrected chi connectivity index (χ2v) is 20.0. The van der Waals surface area contributed by atoms with Crippen LogP contribution in [0.3, 0.4) is 0 Å².